The van der Waals surface area contributed by atoms with Crippen LogP contribution in [0.15, 0.2) is 30.9 Å². The summed E-state index contributed by atoms with van der Waals surface area (Å²) in [5, 5.41) is 7.41. The van der Waals surface area contributed by atoms with Gasteiger partial charge in [-0.25, -0.2) is 14.6 Å². The summed E-state index contributed by atoms with van der Waals surface area (Å²) in [5.74, 6) is 1.60. The molecule has 0 spiro atoms. The highest BCUT2D eigenvalue weighted by Crippen LogP contribution is 2.30. The monoisotopic (exact) mass is 418 g/mol. The van der Waals surface area contributed by atoms with Crippen molar-refractivity contribution in [3.63, 3.8) is 0 Å². The molecule has 3 N–H and O–H groups in total. The van der Waals surface area contributed by atoms with E-state index >= 15 is 0 Å². The summed E-state index contributed by atoms with van der Waals surface area (Å²) >= 11 is 3.45. The van der Waals surface area contributed by atoms with Gasteiger partial charge >= 0.3 is 0 Å². The zero-order valence-electron chi connectivity index (χ0n) is 14.9. The number of hydrogen-bond acceptors (Lipinski definition) is 7. The molecule has 8 nitrogen and oxygen atoms in total. The molecule has 4 heterocycles. The SMILES string of the molecule is CC(C)N1CCN(c2ccc(C3(N)NC=C(Br)n4ncnc43)cn2)CC1. The van der Waals surface area contributed by atoms with E-state index in [9.17, 15) is 0 Å². The number of nitrogens with zero attached hydrogens (tertiary/aromatic N) is 6. The van der Waals surface area contributed by atoms with E-state index in [1.165, 1.54) is 6.33 Å². The van der Waals surface area contributed by atoms with E-state index in [4.69, 9.17) is 5.73 Å². The van der Waals surface area contributed by atoms with Gasteiger partial charge in [-0.3, -0.25) is 10.6 Å². The van der Waals surface area contributed by atoms with Gasteiger partial charge in [-0.05, 0) is 41.9 Å². The number of halogens is 1. The molecule has 0 radical (unpaired) electrons. The quantitative estimate of drug-likeness (QED) is 0.771. The number of pyridine rings is 1. The van der Waals surface area contributed by atoms with E-state index in [1.54, 1.807) is 10.9 Å². The summed E-state index contributed by atoms with van der Waals surface area (Å²) in [6, 6.07) is 4.63. The average molecular weight is 419 g/mol. The standard InChI is InChI=1S/C17H23BrN8/c1-12(2)24-5-7-25(8-6-24)15-4-3-13(9-20-15)17(19)16-21-11-23-26(16)14(18)10-22-17/h3-4,9-12,22H,5-8,19H2,1-2H3. The van der Waals surface area contributed by atoms with Crippen LogP contribution in [-0.2, 0) is 5.66 Å². The number of aromatic nitrogens is 4. The predicted octanol–water partition coefficient (Wildman–Crippen LogP) is 1.12. The lowest BCUT2D eigenvalue weighted by Crippen LogP contribution is -2.53. The number of hydrogen-bond donors (Lipinski definition) is 2. The summed E-state index contributed by atoms with van der Waals surface area (Å²) in [5.41, 5.74) is 6.50. The molecule has 0 amide bonds. The molecule has 138 valence electrons. The Balaban J connectivity index is 1.54. The topological polar surface area (TPSA) is 88.1 Å². The molecule has 0 bridgehead atoms. The molecule has 2 aliphatic heterocycles. The third-order valence-corrected chi connectivity index (χ3v) is 5.66. The minimum Gasteiger partial charge on any atom is -0.361 e. The lowest BCUT2D eigenvalue weighted by atomic mass is 10.0. The van der Waals surface area contributed by atoms with Crippen LogP contribution in [-0.4, -0.2) is 56.9 Å². The van der Waals surface area contributed by atoms with Crippen LogP contribution in [0.2, 0.25) is 0 Å². The number of anilines is 1. The Bertz CT molecular complexity index is 806. The van der Waals surface area contributed by atoms with E-state index in [0.29, 0.717) is 11.9 Å². The molecule has 0 aliphatic carbocycles. The van der Waals surface area contributed by atoms with Crippen molar-refractivity contribution in [2.75, 3.05) is 31.1 Å². The van der Waals surface area contributed by atoms with Gasteiger partial charge in [-0.2, -0.15) is 5.10 Å². The number of fused-ring (bicyclic) bond motifs is 1. The molecule has 0 aromatic carbocycles. The van der Waals surface area contributed by atoms with Gasteiger partial charge in [0.05, 0.1) is 0 Å². The van der Waals surface area contributed by atoms with Crippen LogP contribution in [0, 0.1) is 0 Å². The summed E-state index contributed by atoms with van der Waals surface area (Å²) in [4.78, 5) is 13.8. The summed E-state index contributed by atoms with van der Waals surface area (Å²) in [7, 11) is 0. The van der Waals surface area contributed by atoms with Crippen molar-refractivity contribution in [1.82, 2.24) is 30.0 Å². The Hall–Kier alpha value is -1.97. The molecule has 1 unspecified atom stereocenters. The molecule has 4 rings (SSSR count). The highest BCUT2D eigenvalue weighted by molar-refractivity contribution is 9.14. The minimum absolute atomic E-state index is 0.590. The zero-order valence-corrected chi connectivity index (χ0v) is 16.5. The fourth-order valence-electron chi connectivity index (χ4n) is 3.45. The molecule has 1 saturated heterocycles. The largest absolute Gasteiger partial charge is 0.361 e. The Labute approximate surface area is 161 Å². The Morgan fingerprint density at radius 3 is 2.62 bits per heavy atom. The molecule has 0 saturated carbocycles. The number of nitrogens with one attached hydrogen (secondary N) is 1. The first kappa shape index (κ1) is 17.4. The number of piperazine rings is 1. The highest BCUT2D eigenvalue weighted by Gasteiger charge is 2.37. The zero-order chi connectivity index (χ0) is 18.3. The van der Waals surface area contributed by atoms with Crippen LogP contribution in [0.5, 0.6) is 0 Å². The van der Waals surface area contributed by atoms with Crippen LogP contribution in [0.25, 0.3) is 4.61 Å². The maximum atomic E-state index is 6.62. The van der Waals surface area contributed by atoms with E-state index in [-0.39, 0.29) is 0 Å². The lowest BCUT2D eigenvalue weighted by molar-refractivity contribution is 0.209. The van der Waals surface area contributed by atoms with Crippen molar-refractivity contribution in [2.45, 2.75) is 25.6 Å². The van der Waals surface area contributed by atoms with Crippen molar-refractivity contribution in [2.24, 2.45) is 5.73 Å². The highest BCUT2D eigenvalue weighted by atomic mass is 79.9. The first-order chi connectivity index (χ1) is 12.5. The third kappa shape index (κ3) is 2.89. The first-order valence-electron chi connectivity index (χ1n) is 8.77. The lowest BCUT2D eigenvalue weighted by Gasteiger charge is -2.38. The van der Waals surface area contributed by atoms with Crippen LogP contribution < -0.4 is 16.0 Å². The molecular weight excluding hydrogens is 396 g/mol. The van der Waals surface area contributed by atoms with Gasteiger partial charge in [-0.1, -0.05) is 0 Å². The second kappa shape index (κ2) is 6.64. The average Bonchev–Trinajstić information content (AvgIpc) is 3.17. The van der Waals surface area contributed by atoms with Crippen LogP contribution in [0.4, 0.5) is 5.82 Å². The molecule has 2 aromatic heterocycles. The summed E-state index contributed by atoms with van der Waals surface area (Å²) < 4.78 is 2.44. The second-order valence-electron chi connectivity index (χ2n) is 6.94. The summed E-state index contributed by atoms with van der Waals surface area (Å²) in [6.07, 6.45) is 5.10. The Morgan fingerprint density at radius 2 is 1.96 bits per heavy atom. The van der Waals surface area contributed by atoms with Crippen molar-refractivity contribution in [1.29, 1.82) is 0 Å². The van der Waals surface area contributed by atoms with Crippen molar-refractivity contribution < 1.29 is 0 Å². The Morgan fingerprint density at radius 1 is 1.19 bits per heavy atom. The second-order valence-corrected chi connectivity index (χ2v) is 7.75. The molecule has 2 aromatic rings. The van der Waals surface area contributed by atoms with Crippen molar-refractivity contribution in [3.8, 4) is 0 Å². The van der Waals surface area contributed by atoms with Crippen molar-refractivity contribution in [3.05, 3.63) is 42.2 Å². The fraction of sp³-hybridized carbons (Fsp3) is 0.471. The molecule has 9 heteroatoms. The smallest absolute Gasteiger partial charge is 0.177 e. The van der Waals surface area contributed by atoms with Gasteiger partial charge < -0.3 is 10.2 Å². The first-order valence-corrected chi connectivity index (χ1v) is 9.57. The van der Waals surface area contributed by atoms with Gasteiger partial charge in [0.25, 0.3) is 0 Å². The van der Waals surface area contributed by atoms with E-state index in [2.05, 4.69) is 60.0 Å². The fourth-order valence-corrected chi connectivity index (χ4v) is 3.83. The van der Waals surface area contributed by atoms with Crippen LogP contribution in [0.3, 0.4) is 0 Å². The van der Waals surface area contributed by atoms with E-state index < -0.39 is 5.66 Å². The van der Waals surface area contributed by atoms with Crippen molar-refractivity contribution >= 4 is 26.4 Å². The molecule has 1 fully saturated rings. The van der Waals surface area contributed by atoms with E-state index in [1.807, 2.05) is 18.3 Å². The van der Waals surface area contributed by atoms with Crippen LogP contribution >= 0.6 is 15.9 Å². The summed E-state index contributed by atoms with van der Waals surface area (Å²) in [6.45, 7) is 8.58. The van der Waals surface area contributed by atoms with Gasteiger partial charge in [0.15, 0.2) is 11.5 Å². The van der Waals surface area contributed by atoms with Gasteiger partial charge in [0, 0.05) is 50.2 Å². The number of nitrogens with two attached hydrogens (primary N) is 1. The van der Waals surface area contributed by atoms with Gasteiger partial charge in [0.2, 0.25) is 0 Å². The molecule has 26 heavy (non-hydrogen) atoms. The predicted molar refractivity (Wildman–Crippen MR) is 104 cm³/mol. The van der Waals surface area contributed by atoms with Gasteiger partial charge in [0.1, 0.15) is 16.8 Å². The third-order valence-electron chi connectivity index (χ3n) is 5.09. The van der Waals surface area contributed by atoms with Gasteiger partial charge in [-0.15, -0.1) is 0 Å². The molecule has 1 atom stereocenters. The number of rotatable bonds is 3. The van der Waals surface area contributed by atoms with E-state index in [0.717, 1.165) is 42.2 Å². The van der Waals surface area contributed by atoms with Crippen LogP contribution in [0.1, 0.15) is 25.2 Å². The maximum absolute atomic E-state index is 6.62. The normalized spacial score (nSPS) is 23.6. The maximum Gasteiger partial charge on any atom is 0.177 e. The molecular formula is C17H23BrN8. The molecule has 2 aliphatic rings. The minimum atomic E-state index is -0.963. The Kier molecular flexibility index (Phi) is 4.45.